The van der Waals surface area contributed by atoms with Crippen molar-refractivity contribution in [1.29, 1.82) is 0 Å². The van der Waals surface area contributed by atoms with Gasteiger partial charge in [0.15, 0.2) is 6.29 Å². The van der Waals surface area contributed by atoms with E-state index in [9.17, 15) is 4.79 Å². The molecule has 0 N–H and O–H groups in total. The molecule has 1 aliphatic heterocycles. The van der Waals surface area contributed by atoms with Crippen LogP contribution in [0.5, 0.6) is 0 Å². The lowest BCUT2D eigenvalue weighted by Crippen LogP contribution is -2.37. The van der Waals surface area contributed by atoms with Gasteiger partial charge in [0.2, 0.25) is 0 Å². The van der Waals surface area contributed by atoms with Crippen molar-refractivity contribution in [3.8, 4) is 0 Å². The third kappa shape index (κ3) is 2.67. The Labute approximate surface area is 111 Å². The van der Waals surface area contributed by atoms with Crippen LogP contribution >= 0.6 is 0 Å². The van der Waals surface area contributed by atoms with Gasteiger partial charge >= 0.3 is 0 Å². The normalized spacial score (nSPS) is 16.8. The van der Waals surface area contributed by atoms with Crippen LogP contribution in [0, 0.1) is 0 Å². The number of hydrogen-bond acceptors (Lipinski definition) is 4. The van der Waals surface area contributed by atoms with Gasteiger partial charge in [0.1, 0.15) is 5.65 Å². The number of morpholine rings is 1. The number of aldehydes is 1. The Morgan fingerprint density at radius 1 is 1.37 bits per heavy atom. The van der Waals surface area contributed by atoms with Gasteiger partial charge in [0.25, 0.3) is 0 Å². The number of fused-ring (bicyclic) bond motifs is 1. The summed E-state index contributed by atoms with van der Waals surface area (Å²) in [4.78, 5) is 17.9. The summed E-state index contributed by atoms with van der Waals surface area (Å²) in [7, 11) is 0. The van der Waals surface area contributed by atoms with E-state index in [2.05, 4.69) is 9.88 Å². The molecular formula is C14H17N3O2. The van der Waals surface area contributed by atoms with Crippen molar-refractivity contribution in [2.45, 2.75) is 6.42 Å². The highest BCUT2D eigenvalue weighted by Gasteiger charge is 2.11. The van der Waals surface area contributed by atoms with E-state index in [0.717, 1.165) is 56.9 Å². The predicted molar refractivity (Wildman–Crippen MR) is 71.5 cm³/mol. The fourth-order valence-electron chi connectivity index (χ4n) is 2.40. The van der Waals surface area contributed by atoms with Gasteiger partial charge in [-0.25, -0.2) is 4.98 Å². The molecule has 0 saturated carbocycles. The van der Waals surface area contributed by atoms with Gasteiger partial charge in [0, 0.05) is 38.4 Å². The van der Waals surface area contributed by atoms with Crippen molar-refractivity contribution in [3.05, 3.63) is 35.8 Å². The largest absolute Gasteiger partial charge is 0.379 e. The minimum atomic E-state index is 0.639. The fraction of sp³-hybridized carbons (Fsp3) is 0.429. The third-order valence-electron chi connectivity index (χ3n) is 3.48. The molecule has 19 heavy (non-hydrogen) atoms. The predicted octanol–water partition coefficient (Wildman–Crippen LogP) is 1.02. The molecule has 0 bridgehead atoms. The molecule has 0 atom stereocenters. The van der Waals surface area contributed by atoms with Crippen molar-refractivity contribution in [2.75, 3.05) is 32.8 Å². The summed E-state index contributed by atoms with van der Waals surface area (Å²) in [5.41, 5.74) is 2.41. The Hall–Kier alpha value is -1.72. The first-order valence-corrected chi connectivity index (χ1v) is 6.59. The van der Waals surface area contributed by atoms with Gasteiger partial charge in [-0.1, -0.05) is 0 Å². The number of pyridine rings is 1. The molecule has 3 rings (SSSR count). The number of hydrogen-bond donors (Lipinski definition) is 0. The average Bonchev–Trinajstić information content (AvgIpc) is 2.89. The van der Waals surface area contributed by atoms with Crippen LogP contribution in [-0.4, -0.2) is 53.4 Å². The van der Waals surface area contributed by atoms with E-state index < -0.39 is 0 Å². The molecule has 0 radical (unpaired) electrons. The highest BCUT2D eigenvalue weighted by Crippen LogP contribution is 2.10. The number of aromatic nitrogens is 2. The number of rotatable bonds is 4. The van der Waals surface area contributed by atoms with Gasteiger partial charge in [-0.15, -0.1) is 0 Å². The number of carbonyl (C=O) groups excluding carboxylic acids is 1. The van der Waals surface area contributed by atoms with E-state index in [1.165, 1.54) is 0 Å². The van der Waals surface area contributed by atoms with E-state index in [1.54, 1.807) is 6.07 Å². The maximum Gasteiger partial charge on any atom is 0.153 e. The summed E-state index contributed by atoms with van der Waals surface area (Å²) in [6.07, 6.45) is 5.68. The minimum Gasteiger partial charge on any atom is -0.379 e. The first-order chi connectivity index (χ1) is 9.36. The van der Waals surface area contributed by atoms with E-state index in [1.807, 2.05) is 22.9 Å². The van der Waals surface area contributed by atoms with Crippen LogP contribution < -0.4 is 0 Å². The fourth-order valence-corrected chi connectivity index (χ4v) is 2.40. The minimum absolute atomic E-state index is 0.639. The quantitative estimate of drug-likeness (QED) is 0.769. The van der Waals surface area contributed by atoms with Crippen LogP contribution in [-0.2, 0) is 11.2 Å². The number of ether oxygens (including phenoxy) is 1. The maximum atomic E-state index is 11.0. The lowest BCUT2D eigenvalue weighted by molar-refractivity contribution is 0.0383. The summed E-state index contributed by atoms with van der Waals surface area (Å²) in [6, 6.07) is 3.66. The molecule has 0 aliphatic carbocycles. The SMILES string of the molecule is O=Cc1cccn2cc(CCN3CCOCC3)nc12. The molecule has 3 heterocycles. The Balaban J connectivity index is 1.72. The number of nitrogens with zero attached hydrogens (tertiary/aromatic N) is 3. The Kier molecular flexibility index (Phi) is 3.57. The van der Waals surface area contributed by atoms with Crippen molar-refractivity contribution < 1.29 is 9.53 Å². The second kappa shape index (κ2) is 5.50. The zero-order valence-electron chi connectivity index (χ0n) is 10.8. The Bertz CT molecular complexity index is 573. The summed E-state index contributed by atoms with van der Waals surface area (Å²) >= 11 is 0. The first kappa shape index (κ1) is 12.3. The van der Waals surface area contributed by atoms with E-state index in [0.29, 0.717) is 5.56 Å². The van der Waals surface area contributed by atoms with Crippen LogP contribution in [0.25, 0.3) is 5.65 Å². The van der Waals surface area contributed by atoms with E-state index >= 15 is 0 Å². The molecule has 0 amide bonds. The molecule has 1 saturated heterocycles. The van der Waals surface area contributed by atoms with Crippen molar-refractivity contribution in [3.63, 3.8) is 0 Å². The average molecular weight is 259 g/mol. The van der Waals surface area contributed by atoms with E-state index in [-0.39, 0.29) is 0 Å². The van der Waals surface area contributed by atoms with Crippen LogP contribution in [0.2, 0.25) is 0 Å². The molecule has 0 aromatic carbocycles. The van der Waals surface area contributed by atoms with Gasteiger partial charge < -0.3 is 9.14 Å². The Morgan fingerprint density at radius 2 is 2.21 bits per heavy atom. The van der Waals surface area contributed by atoms with Gasteiger partial charge in [-0.2, -0.15) is 0 Å². The highest BCUT2D eigenvalue weighted by atomic mass is 16.5. The molecule has 0 unspecified atom stereocenters. The van der Waals surface area contributed by atoms with Crippen LogP contribution in [0.15, 0.2) is 24.5 Å². The molecule has 2 aromatic heterocycles. The smallest absolute Gasteiger partial charge is 0.153 e. The first-order valence-electron chi connectivity index (χ1n) is 6.59. The summed E-state index contributed by atoms with van der Waals surface area (Å²) in [5, 5.41) is 0. The molecule has 2 aromatic rings. The van der Waals surface area contributed by atoms with Gasteiger partial charge in [0.05, 0.1) is 24.5 Å². The molecular weight excluding hydrogens is 242 g/mol. The van der Waals surface area contributed by atoms with Crippen molar-refractivity contribution in [1.82, 2.24) is 14.3 Å². The molecule has 100 valence electrons. The molecule has 5 heteroatoms. The topological polar surface area (TPSA) is 46.8 Å². The van der Waals surface area contributed by atoms with Gasteiger partial charge in [-0.05, 0) is 12.1 Å². The number of carbonyl (C=O) groups is 1. The van der Waals surface area contributed by atoms with Crippen LogP contribution in [0.1, 0.15) is 16.1 Å². The van der Waals surface area contributed by atoms with Gasteiger partial charge in [-0.3, -0.25) is 9.69 Å². The monoisotopic (exact) mass is 259 g/mol. The van der Waals surface area contributed by atoms with Crippen LogP contribution in [0.4, 0.5) is 0 Å². The zero-order valence-corrected chi connectivity index (χ0v) is 10.8. The molecule has 0 spiro atoms. The summed E-state index contributed by atoms with van der Waals surface area (Å²) < 4.78 is 7.24. The third-order valence-corrected chi connectivity index (χ3v) is 3.48. The summed E-state index contributed by atoms with van der Waals surface area (Å²) in [6.45, 7) is 4.62. The zero-order chi connectivity index (χ0) is 13.1. The lowest BCUT2D eigenvalue weighted by atomic mass is 10.3. The van der Waals surface area contributed by atoms with Crippen LogP contribution in [0.3, 0.4) is 0 Å². The maximum absolute atomic E-state index is 11.0. The second-order valence-corrected chi connectivity index (χ2v) is 4.75. The van der Waals surface area contributed by atoms with E-state index in [4.69, 9.17) is 4.74 Å². The standard InChI is InChI=1S/C14H17N3O2/c18-11-12-2-1-4-17-10-13(15-14(12)17)3-5-16-6-8-19-9-7-16/h1-2,4,10-11H,3,5-9H2. The lowest BCUT2D eigenvalue weighted by Gasteiger charge is -2.26. The molecule has 1 aliphatic rings. The Morgan fingerprint density at radius 3 is 3.00 bits per heavy atom. The van der Waals surface area contributed by atoms with Crippen molar-refractivity contribution in [2.24, 2.45) is 0 Å². The second-order valence-electron chi connectivity index (χ2n) is 4.75. The summed E-state index contributed by atoms with van der Waals surface area (Å²) in [5.74, 6) is 0. The molecule has 1 fully saturated rings. The highest BCUT2D eigenvalue weighted by molar-refractivity contribution is 5.84. The van der Waals surface area contributed by atoms with Crippen molar-refractivity contribution >= 4 is 11.9 Å². The number of imidazole rings is 1. The molecule has 5 nitrogen and oxygen atoms in total.